The first-order chi connectivity index (χ1) is 10.0. The van der Waals surface area contributed by atoms with Crippen molar-refractivity contribution in [2.75, 3.05) is 25.1 Å². The molecule has 0 bridgehead atoms. The largest absolute Gasteiger partial charge is 0.481 e. The van der Waals surface area contributed by atoms with Crippen LogP contribution in [0, 0.1) is 5.41 Å². The Labute approximate surface area is 123 Å². The van der Waals surface area contributed by atoms with Crippen LogP contribution in [-0.4, -0.2) is 42.2 Å². The van der Waals surface area contributed by atoms with Crippen molar-refractivity contribution in [2.45, 2.75) is 26.2 Å². The number of carboxylic acids is 1. The maximum Gasteiger partial charge on any atom is 0.338 e. The van der Waals surface area contributed by atoms with E-state index in [9.17, 15) is 14.7 Å². The number of carbonyl (C=O) groups excluding carboxylic acids is 1. The lowest BCUT2D eigenvalue weighted by Gasteiger charge is -2.40. The number of ether oxygens (including phenoxy) is 1. The number of aliphatic carboxylic acids is 1. The fourth-order valence-corrected chi connectivity index (χ4v) is 2.78. The smallest absolute Gasteiger partial charge is 0.338 e. The van der Waals surface area contributed by atoms with E-state index in [1.54, 1.807) is 18.3 Å². The van der Waals surface area contributed by atoms with E-state index in [4.69, 9.17) is 4.74 Å². The molecule has 1 N–H and O–H groups in total. The maximum atomic E-state index is 11.6. The topological polar surface area (TPSA) is 79.7 Å². The van der Waals surface area contributed by atoms with Gasteiger partial charge in [-0.1, -0.05) is 6.92 Å². The first-order valence-electron chi connectivity index (χ1n) is 7.05. The highest BCUT2D eigenvalue weighted by molar-refractivity contribution is 5.90. The third kappa shape index (κ3) is 2.99. The number of nitrogens with zero attached hydrogens (tertiary/aromatic N) is 2. The van der Waals surface area contributed by atoms with Crippen molar-refractivity contribution in [1.29, 1.82) is 0 Å². The summed E-state index contributed by atoms with van der Waals surface area (Å²) in [7, 11) is 1.33. The van der Waals surface area contributed by atoms with Crippen LogP contribution in [0.5, 0.6) is 0 Å². The second-order valence-corrected chi connectivity index (χ2v) is 5.36. The molecule has 1 aromatic rings. The molecular weight excluding hydrogens is 272 g/mol. The van der Waals surface area contributed by atoms with E-state index >= 15 is 0 Å². The minimum absolute atomic E-state index is 0.413. The standard InChI is InChI=1S/C15H20N2O4/c1-3-15(14(19)20)6-4-8-17(10-15)12-9-11(5-7-16-12)13(18)21-2/h5,7,9H,3-4,6,8,10H2,1-2H3,(H,19,20). The fourth-order valence-electron chi connectivity index (χ4n) is 2.78. The molecule has 2 heterocycles. The zero-order valence-electron chi connectivity index (χ0n) is 12.3. The predicted octanol–water partition coefficient (Wildman–Crippen LogP) is 1.95. The second-order valence-electron chi connectivity index (χ2n) is 5.36. The molecule has 0 aliphatic carbocycles. The van der Waals surface area contributed by atoms with E-state index < -0.39 is 17.4 Å². The Morgan fingerprint density at radius 1 is 1.52 bits per heavy atom. The average Bonchev–Trinajstić information content (AvgIpc) is 2.54. The molecule has 21 heavy (non-hydrogen) atoms. The third-order valence-electron chi connectivity index (χ3n) is 4.20. The molecule has 1 atom stereocenters. The summed E-state index contributed by atoms with van der Waals surface area (Å²) in [4.78, 5) is 29.4. The van der Waals surface area contributed by atoms with Crippen LogP contribution in [0.3, 0.4) is 0 Å². The lowest BCUT2D eigenvalue weighted by atomic mass is 9.77. The van der Waals surface area contributed by atoms with Gasteiger partial charge in [-0.2, -0.15) is 0 Å². The van der Waals surface area contributed by atoms with Crippen LogP contribution in [-0.2, 0) is 9.53 Å². The van der Waals surface area contributed by atoms with E-state index in [2.05, 4.69) is 4.98 Å². The summed E-state index contributed by atoms with van der Waals surface area (Å²) in [5.74, 6) is -0.564. The summed E-state index contributed by atoms with van der Waals surface area (Å²) in [6, 6.07) is 3.24. The quantitative estimate of drug-likeness (QED) is 0.854. The van der Waals surface area contributed by atoms with Gasteiger partial charge >= 0.3 is 11.9 Å². The molecule has 0 saturated carbocycles. The molecule has 0 radical (unpaired) electrons. The number of rotatable bonds is 4. The minimum atomic E-state index is -0.765. The number of methoxy groups -OCH3 is 1. The highest BCUT2D eigenvalue weighted by atomic mass is 16.5. The zero-order valence-corrected chi connectivity index (χ0v) is 12.3. The van der Waals surface area contributed by atoms with Gasteiger partial charge in [0.2, 0.25) is 0 Å². The van der Waals surface area contributed by atoms with Crippen molar-refractivity contribution in [2.24, 2.45) is 5.41 Å². The molecule has 1 fully saturated rings. The van der Waals surface area contributed by atoms with E-state index in [-0.39, 0.29) is 0 Å². The maximum absolute atomic E-state index is 11.6. The van der Waals surface area contributed by atoms with Gasteiger partial charge in [0.05, 0.1) is 18.1 Å². The first kappa shape index (κ1) is 15.3. The molecule has 6 heteroatoms. The van der Waals surface area contributed by atoms with E-state index in [0.29, 0.717) is 30.8 Å². The summed E-state index contributed by atoms with van der Waals surface area (Å²) in [5, 5.41) is 9.51. The molecule has 1 aromatic heterocycles. The number of hydrogen-bond acceptors (Lipinski definition) is 5. The summed E-state index contributed by atoms with van der Waals surface area (Å²) in [5.41, 5.74) is -0.313. The summed E-state index contributed by atoms with van der Waals surface area (Å²) in [6.07, 6.45) is 3.59. The molecule has 6 nitrogen and oxygen atoms in total. The van der Waals surface area contributed by atoms with Crippen molar-refractivity contribution >= 4 is 17.8 Å². The Bertz CT molecular complexity index is 546. The van der Waals surface area contributed by atoms with Gasteiger partial charge in [-0.05, 0) is 31.4 Å². The normalized spacial score (nSPS) is 21.9. The van der Waals surface area contributed by atoms with E-state index in [1.807, 2.05) is 11.8 Å². The second kappa shape index (κ2) is 6.11. The molecule has 2 rings (SSSR count). The van der Waals surface area contributed by atoms with Crippen molar-refractivity contribution in [3.63, 3.8) is 0 Å². The van der Waals surface area contributed by atoms with Crippen molar-refractivity contribution < 1.29 is 19.4 Å². The van der Waals surface area contributed by atoms with Crippen molar-refractivity contribution in [1.82, 2.24) is 4.98 Å². The Balaban J connectivity index is 2.26. The fraction of sp³-hybridized carbons (Fsp3) is 0.533. The summed E-state index contributed by atoms with van der Waals surface area (Å²) < 4.78 is 4.70. The van der Waals surface area contributed by atoms with Crippen LogP contribution >= 0.6 is 0 Å². The van der Waals surface area contributed by atoms with E-state index in [1.165, 1.54) is 7.11 Å². The SMILES string of the molecule is CCC1(C(=O)O)CCCN(c2cc(C(=O)OC)ccn2)C1. The van der Waals surface area contributed by atoms with Crippen LogP contribution in [0.4, 0.5) is 5.82 Å². The molecule has 1 saturated heterocycles. The van der Waals surface area contributed by atoms with Crippen LogP contribution in [0.2, 0.25) is 0 Å². The number of carboxylic acid groups (broad SMARTS) is 1. The minimum Gasteiger partial charge on any atom is -0.481 e. The Kier molecular flexibility index (Phi) is 4.45. The predicted molar refractivity (Wildman–Crippen MR) is 77.4 cm³/mol. The number of anilines is 1. The van der Waals surface area contributed by atoms with Gasteiger partial charge in [-0.15, -0.1) is 0 Å². The van der Waals surface area contributed by atoms with Gasteiger partial charge in [0.1, 0.15) is 5.82 Å². The highest BCUT2D eigenvalue weighted by Crippen LogP contribution is 2.35. The van der Waals surface area contributed by atoms with Crippen LogP contribution < -0.4 is 4.90 Å². The number of hydrogen-bond donors (Lipinski definition) is 1. The summed E-state index contributed by atoms with van der Waals surface area (Å²) >= 11 is 0. The van der Waals surface area contributed by atoms with Gasteiger partial charge in [0.25, 0.3) is 0 Å². The van der Waals surface area contributed by atoms with Crippen molar-refractivity contribution in [3.8, 4) is 0 Å². The van der Waals surface area contributed by atoms with Gasteiger partial charge in [0.15, 0.2) is 0 Å². The van der Waals surface area contributed by atoms with Gasteiger partial charge in [-0.25, -0.2) is 9.78 Å². The Morgan fingerprint density at radius 2 is 2.29 bits per heavy atom. The molecular formula is C15H20N2O4. The van der Waals surface area contributed by atoms with Crippen LogP contribution in [0.1, 0.15) is 36.5 Å². The van der Waals surface area contributed by atoms with Crippen molar-refractivity contribution in [3.05, 3.63) is 23.9 Å². The van der Waals surface area contributed by atoms with Gasteiger partial charge in [0, 0.05) is 19.3 Å². The molecule has 1 unspecified atom stereocenters. The average molecular weight is 292 g/mol. The number of esters is 1. The lowest BCUT2D eigenvalue weighted by molar-refractivity contribution is -0.149. The van der Waals surface area contributed by atoms with Gasteiger partial charge in [-0.3, -0.25) is 4.79 Å². The highest BCUT2D eigenvalue weighted by Gasteiger charge is 2.41. The number of aromatic nitrogens is 1. The number of pyridine rings is 1. The Morgan fingerprint density at radius 3 is 2.90 bits per heavy atom. The Hall–Kier alpha value is -2.11. The number of carbonyl (C=O) groups is 2. The summed E-state index contributed by atoms with van der Waals surface area (Å²) in [6.45, 7) is 3.05. The first-order valence-corrected chi connectivity index (χ1v) is 7.05. The molecule has 114 valence electrons. The van der Waals surface area contributed by atoms with Gasteiger partial charge < -0.3 is 14.7 Å². The zero-order chi connectivity index (χ0) is 15.5. The molecule has 1 aliphatic heterocycles. The molecule has 0 aromatic carbocycles. The lowest BCUT2D eigenvalue weighted by Crippen LogP contribution is -2.48. The van der Waals surface area contributed by atoms with E-state index in [0.717, 1.165) is 13.0 Å². The third-order valence-corrected chi connectivity index (χ3v) is 4.20. The number of piperidine rings is 1. The molecule has 0 amide bonds. The van der Waals surface area contributed by atoms with Crippen LogP contribution in [0.25, 0.3) is 0 Å². The van der Waals surface area contributed by atoms with Crippen LogP contribution in [0.15, 0.2) is 18.3 Å². The monoisotopic (exact) mass is 292 g/mol. The molecule has 0 spiro atoms. The molecule has 1 aliphatic rings.